The average Bonchev–Trinajstić information content (AvgIpc) is 3.10. The molecule has 1 aromatic heterocycles. The molecule has 0 fully saturated rings. The van der Waals surface area contributed by atoms with Gasteiger partial charge in [0.1, 0.15) is 12.4 Å². The molecule has 0 aliphatic carbocycles. The molecular formula is C23H20N2O2S. The van der Waals surface area contributed by atoms with E-state index in [0.717, 1.165) is 21.3 Å². The van der Waals surface area contributed by atoms with Crippen LogP contribution >= 0.6 is 11.3 Å². The van der Waals surface area contributed by atoms with E-state index in [1.54, 1.807) is 12.1 Å². The van der Waals surface area contributed by atoms with Gasteiger partial charge in [0.15, 0.2) is 5.13 Å². The summed E-state index contributed by atoms with van der Waals surface area (Å²) in [5, 5.41) is 3.51. The van der Waals surface area contributed by atoms with Crippen molar-refractivity contribution in [2.45, 2.75) is 20.5 Å². The van der Waals surface area contributed by atoms with E-state index in [2.05, 4.69) is 29.4 Å². The highest BCUT2D eigenvalue weighted by molar-refractivity contribution is 7.22. The first kappa shape index (κ1) is 18.2. The molecule has 1 amide bonds. The summed E-state index contributed by atoms with van der Waals surface area (Å²) < 4.78 is 6.89. The van der Waals surface area contributed by atoms with Crippen molar-refractivity contribution in [2.24, 2.45) is 0 Å². The molecular weight excluding hydrogens is 368 g/mol. The monoisotopic (exact) mass is 388 g/mol. The van der Waals surface area contributed by atoms with Crippen molar-refractivity contribution in [1.82, 2.24) is 4.98 Å². The van der Waals surface area contributed by atoms with Crippen LogP contribution in [-0.4, -0.2) is 10.9 Å². The second kappa shape index (κ2) is 7.82. The normalized spacial score (nSPS) is 10.8. The summed E-state index contributed by atoms with van der Waals surface area (Å²) in [6.45, 7) is 4.56. The number of nitrogens with zero attached hydrogens (tertiary/aromatic N) is 1. The molecule has 0 saturated heterocycles. The lowest BCUT2D eigenvalue weighted by Crippen LogP contribution is -2.11. The highest BCUT2D eigenvalue weighted by Gasteiger charge is 2.12. The number of carbonyl (C=O) groups excluding carboxylic acids is 1. The van der Waals surface area contributed by atoms with Crippen molar-refractivity contribution in [3.05, 3.63) is 89.0 Å². The van der Waals surface area contributed by atoms with Gasteiger partial charge in [0.2, 0.25) is 0 Å². The molecule has 3 aromatic carbocycles. The Kier molecular flexibility index (Phi) is 5.08. The Morgan fingerprint density at radius 2 is 1.86 bits per heavy atom. The predicted octanol–water partition coefficient (Wildman–Crippen LogP) is 5.74. The number of aryl methyl sites for hydroxylation is 2. The van der Waals surface area contributed by atoms with E-state index in [0.29, 0.717) is 23.1 Å². The fraction of sp³-hybridized carbons (Fsp3) is 0.130. The number of amides is 1. The summed E-state index contributed by atoms with van der Waals surface area (Å²) in [6, 6.07) is 21.3. The van der Waals surface area contributed by atoms with Crippen LogP contribution in [0.4, 0.5) is 5.13 Å². The minimum atomic E-state index is -0.196. The number of aromatic nitrogens is 1. The summed E-state index contributed by atoms with van der Waals surface area (Å²) >= 11 is 1.49. The molecule has 1 N–H and O–H groups in total. The summed E-state index contributed by atoms with van der Waals surface area (Å²) in [6.07, 6.45) is 0. The van der Waals surface area contributed by atoms with Crippen LogP contribution in [0.2, 0.25) is 0 Å². The molecule has 0 aliphatic rings. The van der Waals surface area contributed by atoms with E-state index in [1.165, 1.54) is 16.9 Å². The van der Waals surface area contributed by atoms with Gasteiger partial charge in [-0.1, -0.05) is 53.8 Å². The van der Waals surface area contributed by atoms with Gasteiger partial charge in [0.05, 0.1) is 10.2 Å². The Bertz CT molecular complexity index is 1140. The van der Waals surface area contributed by atoms with Crippen molar-refractivity contribution in [1.29, 1.82) is 0 Å². The molecule has 0 spiro atoms. The number of nitrogens with one attached hydrogen (secondary N) is 1. The molecule has 0 atom stereocenters. The van der Waals surface area contributed by atoms with Crippen LogP contribution in [0, 0.1) is 13.8 Å². The number of hydrogen-bond donors (Lipinski definition) is 1. The van der Waals surface area contributed by atoms with Crippen LogP contribution in [0.25, 0.3) is 10.2 Å². The Morgan fingerprint density at radius 3 is 2.68 bits per heavy atom. The average molecular weight is 388 g/mol. The summed E-state index contributed by atoms with van der Waals surface area (Å²) in [7, 11) is 0. The smallest absolute Gasteiger partial charge is 0.257 e. The first-order chi connectivity index (χ1) is 13.6. The number of thiazole rings is 1. The number of anilines is 1. The molecule has 0 radical (unpaired) electrons. The van der Waals surface area contributed by atoms with Gasteiger partial charge >= 0.3 is 0 Å². The van der Waals surface area contributed by atoms with Crippen LogP contribution < -0.4 is 10.1 Å². The number of rotatable bonds is 5. The molecule has 4 rings (SSSR count). The lowest BCUT2D eigenvalue weighted by molar-refractivity contribution is 0.102. The fourth-order valence-electron chi connectivity index (χ4n) is 3.06. The minimum Gasteiger partial charge on any atom is -0.489 e. The van der Waals surface area contributed by atoms with Gasteiger partial charge in [-0.15, -0.1) is 0 Å². The largest absolute Gasteiger partial charge is 0.489 e. The standard InChI is InChI=1S/C23H20N2O2S/c1-15-11-16(2)21-20(12-15)28-23(24-21)25-22(26)18-9-6-10-19(13-18)27-14-17-7-4-3-5-8-17/h3-13H,14H2,1-2H3,(H,24,25,26). The predicted molar refractivity (Wildman–Crippen MR) is 114 cm³/mol. The number of ether oxygens (including phenoxy) is 1. The fourth-order valence-corrected chi connectivity index (χ4v) is 4.10. The number of benzene rings is 3. The molecule has 4 aromatic rings. The third kappa shape index (κ3) is 4.05. The first-order valence-electron chi connectivity index (χ1n) is 9.04. The summed E-state index contributed by atoms with van der Waals surface area (Å²) in [5.41, 5.74) is 4.86. The maximum atomic E-state index is 12.7. The van der Waals surface area contributed by atoms with E-state index in [1.807, 2.05) is 49.4 Å². The third-order valence-electron chi connectivity index (χ3n) is 4.39. The number of hydrogen-bond acceptors (Lipinski definition) is 4. The zero-order chi connectivity index (χ0) is 19.5. The lowest BCUT2D eigenvalue weighted by Gasteiger charge is -2.08. The molecule has 0 saturated carbocycles. The zero-order valence-electron chi connectivity index (χ0n) is 15.7. The van der Waals surface area contributed by atoms with Gasteiger partial charge in [-0.3, -0.25) is 10.1 Å². The Balaban J connectivity index is 1.48. The van der Waals surface area contributed by atoms with E-state index in [-0.39, 0.29) is 5.91 Å². The Labute approximate surface area is 167 Å². The number of fused-ring (bicyclic) bond motifs is 1. The van der Waals surface area contributed by atoms with Crippen LogP contribution in [0.15, 0.2) is 66.7 Å². The molecule has 4 nitrogen and oxygen atoms in total. The quantitative estimate of drug-likeness (QED) is 0.474. The summed E-state index contributed by atoms with van der Waals surface area (Å²) in [5.74, 6) is 0.464. The van der Waals surface area contributed by atoms with Gasteiger partial charge in [-0.25, -0.2) is 4.98 Å². The second-order valence-electron chi connectivity index (χ2n) is 6.70. The molecule has 1 heterocycles. The van der Waals surface area contributed by atoms with Crippen molar-refractivity contribution >= 4 is 32.6 Å². The van der Waals surface area contributed by atoms with Crippen LogP contribution in [0.3, 0.4) is 0 Å². The lowest BCUT2D eigenvalue weighted by atomic mass is 10.1. The maximum Gasteiger partial charge on any atom is 0.257 e. The molecule has 0 bridgehead atoms. The van der Waals surface area contributed by atoms with Crippen LogP contribution in [0.5, 0.6) is 5.75 Å². The second-order valence-corrected chi connectivity index (χ2v) is 7.73. The van der Waals surface area contributed by atoms with E-state index in [9.17, 15) is 4.79 Å². The van der Waals surface area contributed by atoms with E-state index >= 15 is 0 Å². The Hall–Kier alpha value is -3.18. The van der Waals surface area contributed by atoms with Gasteiger partial charge in [-0.2, -0.15) is 0 Å². The first-order valence-corrected chi connectivity index (χ1v) is 9.86. The maximum absolute atomic E-state index is 12.7. The van der Waals surface area contributed by atoms with Crippen molar-refractivity contribution in [2.75, 3.05) is 5.32 Å². The zero-order valence-corrected chi connectivity index (χ0v) is 16.5. The van der Waals surface area contributed by atoms with Gasteiger partial charge in [-0.05, 0) is 54.8 Å². The van der Waals surface area contributed by atoms with Crippen molar-refractivity contribution in [3.63, 3.8) is 0 Å². The molecule has 0 aliphatic heterocycles. The van der Waals surface area contributed by atoms with Crippen LogP contribution in [0.1, 0.15) is 27.0 Å². The Morgan fingerprint density at radius 1 is 1.04 bits per heavy atom. The highest BCUT2D eigenvalue weighted by atomic mass is 32.1. The highest BCUT2D eigenvalue weighted by Crippen LogP contribution is 2.29. The molecule has 5 heteroatoms. The molecule has 140 valence electrons. The molecule has 0 unspecified atom stereocenters. The van der Waals surface area contributed by atoms with E-state index in [4.69, 9.17) is 4.74 Å². The topological polar surface area (TPSA) is 51.2 Å². The SMILES string of the molecule is Cc1cc(C)c2nc(NC(=O)c3cccc(OCc4ccccc4)c3)sc2c1. The number of carbonyl (C=O) groups is 1. The van der Waals surface area contributed by atoms with Crippen LogP contribution in [-0.2, 0) is 6.61 Å². The van der Waals surface area contributed by atoms with Gasteiger partial charge in [0, 0.05) is 5.56 Å². The third-order valence-corrected chi connectivity index (χ3v) is 5.31. The van der Waals surface area contributed by atoms with Gasteiger partial charge < -0.3 is 4.74 Å². The van der Waals surface area contributed by atoms with Crippen molar-refractivity contribution in [3.8, 4) is 5.75 Å². The van der Waals surface area contributed by atoms with E-state index < -0.39 is 0 Å². The molecule has 28 heavy (non-hydrogen) atoms. The minimum absolute atomic E-state index is 0.196. The van der Waals surface area contributed by atoms with Gasteiger partial charge in [0.25, 0.3) is 5.91 Å². The van der Waals surface area contributed by atoms with Crippen molar-refractivity contribution < 1.29 is 9.53 Å². The summed E-state index contributed by atoms with van der Waals surface area (Å²) in [4.78, 5) is 17.2.